The summed E-state index contributed by atoms with van der Waals surface area (Å²) in [6.07, 6.45) is 6.71. The van der Waals surface area contributed by atoms with E-state index < -0.39 is 5.54 Å². The van der Waals surface area contributed by atoms with E-state index in [0.717, 1.165) is 19.3 Å². The normalized spacial score (nSPS) is 27.8. The minimum absolute atomic E-state index is 0.0551. The first kappa shape index (κ1) is 16.3. The summed E-state index contributed by atoms with van der Waals surface area (Å²) in [4.78, 5) is 27.9. The SMILES string of the molecule is CCC(C)C1C(=O)NC(CC)(CC)C(=O)N1C1CCCC1. The Bertz CT molecular complexity index is 398. The van der Waals surface area contributed by atoms with Crippen LogP contribution >= 0.6 is 0 Å². The summed E-state index contributed by atoms with van der Waals surface area (Å²) in [5.41, 5.74) is -0.677. The molecule has 2 aliphatic rings. The highest BCUT2D eigenvalue weighted by Gasteiger charge is 2.52. The van der Waals surface area contributed by atoms with Crippen molar-refractivity contribution in [3.8, 4) is 0 Å². The third-order valence-electron chi connectivity index (χ3n) is 5.68. The Kier molecular flexibility index (Phi) is 4.95. The lowest BCUT2D eigenvalue weighted by Gasteiger charge is -2.49. The zero-order valence-corrected chi connectivity index (χ0v) is 13.9. The van der Waals surface area contributed by atoms with Gasteiger partial charge in [0.15, 0.2) is 0 Å². The van der Waals surface area contributed by atoms with Gasteiger partial charge in [-0.25, -0.2) is 0 Å². The number of carbonyl (C=O) groups excluding carboxylic acids is 2. The van der Waals surface area contributed by atoms with E-state index in [9.17, 15) is 9.59 Å². The van der Waals surface area contributed by atoms with Crippen molar-refractivity contribution in [2.24, 2.45) is 5.92 Å². The number of amides is 2. The second-order valence-electron chi connectivity index (χ2n) is 6.76. The molecule has 1 heterocycles. The number of nitrogens with zero attached hydrogens (tertiary/aromatic N) is 1. The van der Waals surface area contributed by atoms with Crippen LogP contribution in [0.4, 0.5) is 0 Å². The van der Waals surface area contributed by atoms with Crippen LogP contribution in [0.1, 0.15) is 72.6 Å². The molecule has 0 bridgehead atoms. The van der Waals surface area contributed by atoms with E-state index in [1.165, 1.54) is 12.8 Å². The molecule has 1 N–H and O–H groups in total. The van der Waals surface area contributed by atoms with Crippen LogP contribution in [0.5, 0.6) is 0 Å². The molecule has 2 rings (SSSR count). The monoisotopic (exact) mass is 294 g/mol. The van der Waals surface area contributed by atoms with Gasteiger partial charge in [-0.05, 0) is 31.6 Å². The number of hydrogen-bond acceptors (Lipinski definition) is 2. The summed E-state index contributed by atoms with van der Waals surface area (Å²) >= 11 is 0. The second-order valence-corrected chi connectivity index (χ2v) is 6.76. The highest BCUT2D eigenvalue weighted by molar-refractivity contribution is 6.00. The molecule has 2 amide bonds. The number of piperazine rings is 1. The van der Waals surface area contributed by atoms with Gasteiger partial charge in [0.1, 0.15) is 11.6 Å². The Morgan fingerprint density at radius 3 is 2.24 bits per heavy atom. The molecule has 2 fully saturated rings. The van der Waals surface area contributed by atoms with Crippen molar-refractivity contribution in [2.75, 3.05) is 0 Å². The van der Waals surface area contributed by atoms with Crippen LogP contribution < -0.4 is 5.32 Å². The smallest absolute Gasteiger partial charge is 0.249 e. The van der Waals surface area contributed by atoms with E-state index in [0.29, 0.717) is 12.8 Å². The predicted octanol–water partition coefficient (Wildman–Crippen LogP) is 2.86. The van der Waals surface area contributed by atoms with Gasteiger partial charge in [0, 0.05) is 6.04 Å². The van der Waals surface area contributed by atoms with E-state index in [-0.39, 0.29) is 29.8 Å². The molecule has 0 aromatic rings. The molecular formula is C17H30N2O2. The zero-order chi connectivity index (χ0) is 15.6. The maximum Gasteiger partial charge on any atom is 0.249 e. The fraction of sp³-hybridized carbons (Fsp3) is 0.882. The molecule has 4 heteroatoms. The van der Waals surface area contributed by atoms with Gasteiger partial charge in [-0.3, -0.25) is 9.59 Å². The van der Waals surface area contributed by atoms with Crippen molar-refractivity contribution in [3.05, 3.63) is 0 Å². The summed E-state index contributed by atoms with van der Waals surface area (Å²) in [7, 11) is 0. The Morgan fingerprint density at radius 2 is 1.76 bits per heavy atom. The van der Waals surface area contributed by atoms with Crippen LogP contribution in [0.25, 0.3) is 0 Å². The Morgan fingerprint density at radius 1 is 1.19 bits per heavy atom. The van der Waals surface area contributed by atoms with Crippen molar-refractivity contribution >= 4 is 11.8 Å². The molecule has 2 unspecified atom stereocenters. The average Bonchev–Trinajstić information content (AvgIpc) is 3.02. The van der Waals surface area contributed by atoms with E-state index in [1.54, 1.807) is 0 Å². The van der Waals surface area contributed by atoms with Crippen LogP contribution in [0.3, 0.4) is 0 Å². The van der Waals surface area contributed by atoms with Gasteiger partial charge in [0.2, 0.25) is 11.8 Å². The summed E-state index contributed by atoms with van der Waals surface area (Å²) in [6, 6.07) is -0.0168. The molecule has 1 saturated heterocycles. The first-order valence-corrected chi connectivity index (χ1v) is 8.65. The summed E-state index contributed by atoms with van der Waals surface area (Å²) in [6.45, 7) is 8.18. The number of nitrogens with one attached hydrogen (secondary N) is 1. The van der Waals surface area contributed by atoms with E-state index in [1.807, 2.05) is 18.7 Å². The second kappa shape index (κ2) is 6.37. The third kappa shape index (κ3) is 2.69. The van der Waals surface area contributed by atoms with Gasteiger partial charge in [0.25, 0.3) is 0 Å². The zero-order valence-electron chi connectivity index (χ0n) is 13.9. The van der Waals surface area contributed by atoms with Gasteiger partial charge >= 0.3 is 0 Å². The quantitative estimate of drug-likeness (QED) is 0.847. The summed E-state index contributed by atoms with van der Waals surface area (Å²) in [5.74, 6) is 0.421. The molecule has 2 atom stereocenters. The predicted molar refractivity (Wildman–Crippen MR) is 83.8 cm³/mol. The third-order valence-corrected chi connectivity index (χ3v) is 5.68. The van der Waals surface area contributed by atoms with E-state index >= 15 is 0 Å². The first-order valence-electron chi connectivity index (χ1n) is 8.65. The van der Waals surface area contributed by atoms with Crippen LogP contribution in [-0.4, -0.2) is 34.3 Å². The molecule has 0 spiro atoms. The highest BCUT2D eigenvalue weighted by Crippen LogP contribution is 2.35. The molecule has 0 aromatic carbocycles. The van der Waals surface area contributed by atoms with Gasteiger partial charge in [-0.1, -0.05) is 47.0 Å². The Balaban J connectivity index is 2.38. The molecule has 21 heavy (non-hydrogen) atoms. The molecule has 120 valence electrons. The van der Waals surface area contributed by atoms with Crippen LogP contribution in [0, 0.1) is 5.92 Å². The average molecular weight is 294 g/mol. The summed E-state index contributed by atoms with van der Waals surface area (Å²) < 4.78 is 0. The fourth-order valence-electron chi connectivity index (χ4n) is 3.92. The molecule has 1 saturated carbocycles. The van der Waals surface area contributed by atoms with E-state index in [4.69, 9.17) is 0 Å². The lowest BCUT2D eigenvalue weighted by molar-refractivity contribution is -0.160. The summed E-state index contributed by atoms with van der Waals surface area (Å²) in [5, 5.41) is 3.07. The van der Waals surface area contributed by atoms with Gasteiger partial charge in [0.05, 0.1) is 0 Å². The largest absolute Gasteiger partial charge is 0.340 e. The molecule has 0 aromatic heterocycles. The van der Waals surface area contributed by atoms with Crippen LogP contribution in [0.2, 0.25) is 0 Å². The Labute approximate surface area is 128 Å². The highest BCUT2D eigenvalue weighted by atomic mass is 16.2. The van der Waals surface area contributed by atoms with Crippen LogP contribution in [0.15, 0.2) is 0 Å². The lowest BCUT2D eigenvalue weighted by atomic mass is 9.83. The van der Waals surface area contributed by atoms with Crippen molar-refractivity contribution in [3.63, 3.8) is 0 Å². The van der Waals surface area contributed by atoms with Crippen molar-refractivity contribution < 1.29 is 9.59 Å². The van der Waals surface area contributed by atoms with Gasteiger partial charge in [-0.2, -0.15) is 0 Å². The molecule has 4 nitrogen and oxygen atoms in total. The molecule has 1 aliphatic carbocycles. The molecular weight excluding hydrogens is 264 g/mol. The van der Waals surface area contributed by atoms with Crippen molar-refractivity contribution in [1.82, 2.24) is 10.2 Å². The van der Waals surface area contributed by atoms with E-state index in [2.05, 4.69) is 19.2 Å². The fourth-order valence-corrected chi connectivity index (χ4v) is 3.92. The van der Waals surface area contributed by atoms with Crippen molar-refractivity contribution in [1.29, 1.82) is 0 Å². The maximum absolute atomic E-state index is 13.2. The lowest BCUT2D eigenvalue weighted by Crippen LogP contribution is -2.72. The van der Waals surface area contributed by atoms with Crippen molar-refractivity contribution in [2.45, 2.75) is 90.3 Å². The number of carbonyl (C=O) groups is 2. The standard InChI is InChI=1S/C17H30N2O2/c1-5-12(4)14-15(20)18-17(6-2,7-3)16(21)19(14)13-10-8-9-11-13/h12-14H,5-11H2,1-4H3,(H,18,20). The molecule has 0 radical (unpaired) electrons. The minimum atomic E-state index is -0.677. The topological polar surface area (TPSA) is 49.4 Å². The number of rotatable bonds is 5. The van der Waals surface area contributed by atoms with Gasteiger partial charge in [-0.15, -0.1) is 0 Å². The maximum atomic E-state index is 13.2. The van der Waals surface area contributed by atoms with Gasteiger partial charge < -0.3 is 10.2 Å². The first-order chi connectivity index (χ1) is 10.0. The minimum Gasteiger partial charge on any atom is -0.340 e. The van der Waals surface area contributed by atoms with Crippen LogP contribution in [-0.2, 0) is 9.59 Å². The molecule has 1 aliphatic heterocycles. The Hall–Kier alpha value is -1.06. The number of hydrogen-bond donors (Lipinski definition) is 1.